The van der Waals surface area contributed by atoms with Gasteiger partial charge in [0.2, 0.25) is 0 Å². The first kappa shape index (κ1) is 17.5. The molecule has 0 aliphatic carbocycles. The first-order chi connectivity index (χ1) is 11.3. The third-order valence-electron chi connectivity index (χ3n) is 4.92. The summed E-state index contributed by atoms with van der Waals surface area (Å²) in [5, 5.41) is 0. The van der Waals surface area contributed by atoms with Gasteiger partial charge in [0.05, 0.1) is 25.9 Å². The quantitative estimate of drug-likeness (QED) is 0.841. The Morgan fingerprint density at radius 2 is 1.92 bits per heavy atom. The summed E-state index contributed by atoms with van der Waals surface area (Å²) in [4.78, 5) is 2.42. The van der Waals surface area contributed by atoms with Crippen molar-refractivity contribution in [3.63, 3.8) is 0 Å². The summed E-state index contributed by atoms with van der Waals surface area (Å²) in [5.74, 6) is 0.428. The number of benzene rings is 1. The maximum Gasteiger partial charge on any atom is 0.197 e. The lowest BCUT2D eigenvalue weighted by molar-refractivity contribution is -0.0972. The highest BCUT2D eigenvalue weighted by atomic mass is 19.1. The van der Waals surface area contributed by atoms with Crippen molar-refractivity contribution in [1.82, 2.24) is 4.90 Å². The van der Waals surface area contributed by atoms with E-state index in [1.807, 2.05) is 6.07 Å². The molecule has 134 valence electrons. The molecule has 0 saturated carbocycles. The fourth-order valence-corrected chi connectivity index (χ4v) is 4.02. The molecule has 0 amide bonds. The van der Waals surface area contributed by atoms with Crippen LogP contribution < -0.4 is 9.47 Å². The summed E-state index contributed by atoms with van der Waals surface area (Å²) in [6.07, 6.45) is 2.91. The zero-order valence-electron chi connectivity index (χ0n) is 15.3. The molecule has 5 heteroatoms. The van der Waals surface area contributed by atoms with Gasteiger partial charge < -0.3 is 14.2 Å². The average molecular weight is 337 g/mol. The van der Waals surface area contributed by atoms with E-state index in [0.29, 0.717) is 12.2 Å². The van der Waals surface area contributed by atoms with Crippen LogP contribution in [-0.2, 0) is 11.2 Å². The highest BCUT2D eigenvalue weighted by Gasteiger charge is 2.37. The van der Waals surface area contributed by atoms with Crippen LogP contribution in [0.1, 0.15) is 50.8 Å². The smallest absolute Gasteiger partial charge is 0.197 e. The molecule has 2 aliphatic rings. The standard InChI is InChI=1S/C19H28FNO3/c1-19(2,3)24-12-6-7-15-14-10-16(22-4)18(23-5)17(20)13(14)8-9-21(15)11-12/h10,12,15H,6-9,11H2,1-5H3. The van der Waals surface area contributed by atoms with Gasteiger partial charge in [-0.3, -0.25) is 4.90 Å². The Hall–Kier alpha value is -1.33. The summed E-state index contributed by atoms with van der Waals surface area (Å²) in [6, 6.07) is 2.20. The number of rotatable bonds is 3. The molecule has 0 aromatic heterocycles. The van der Waals surface area contributed by atoms with Gasteiger partial charge >= 0.3 is 0 Å². The Kier molecular flexibility index (Phi) is 4.76. The third-order valence-corrected chi connectivity index (χ3v) is 4.92. The minimum atomic E-state index is -0.264. The zero-order chi connectivity index (χ0) is 17.5. The second kappa shape index (κ2) is 6.52. The van der Waals surface area contributed by atoms with E-state index in [1.165, 1.54) is 7.11 Å². The summed E-state index contributed by atoms with van der Waals surface area (Å²) >= 11 is 0. The molecule has 0 bridgehead atoms. The van der Waals surface area contributed by atoms with Crippen LogP contribution in [0.2, 0.25) is 0 Å². The Bertz CT molecular complexity index is 612. The Labute approximate surface area is 143 Å². The molecule has 24 heavy (non-hydrogen) atoms. The van der Waals surface area contributed by atoms with E-state index in [2.05, 4.69) is 25.7 Å². The normalized spacial score (nSPS) is 24.2. The molecule has 0 N–H and O–H groups in total. The predicted molar refractivity (Wildman–Crippen MR) is 91.4 cm³/mol. The van der Waals surface area contributed by atoms with Gasteiger partial charge in [-0.25, -0.2) is 4.39 Å². The van der Waals surface area contributed by atoms with Crippen LogP contribution in [0, 0.1) is 5.82 Å². The lowest BCUT2D eigenvalue weighted by Crippen LogP contribution is -2.47. The zero-order valence-corrected chi connectivity index (χ0v) is 15.3. The largest absolute Gasteiger partial charge is 0.493 e. The maximum absolute atomic E-state index is 14.8. The Balaban J connectivity index is 1.87. The monoisotopic (exact) mass is 337 g/mol. The van der Waals surface area contributed by atoms with Crippen LogP contribution >= 0.6 is 0 Å². The number of hydrogen-bond donors (Lipinski definition) is 0. The van der Waals surface area contributed by atoms with Crippen molar-refractivity contribution in [2.24, 2.45) is 0 Å². The summed E-state index contributed by atoms with van der Waals surface area (Å²) in [7, 11) is 3.04. The van der Waals surface area contributed by atoms with Crippen molar-refractivity contribution >= 4 is 0 Å². The van der Waals surface area contributed by atoms with Gasteiger partial charge in [0.15, 0.2) is 17.3 Å². The predicted octanol–water partition coefficient (Wildman–Crippen LogP) is 3.72. The molecule has 1 aromatic rings. The van der Waals surface area contributed by atoms with E-state index in [4.69, 9.17) is 14.2 Å². The minimum Gasteiger partial charge on any atom is -0.493 e. The molecule has 0 spiro atoms. The molecule has 4 nitrogen and oxygen atoms in total. The highest BCUT2D eigenvalue weighted by molar-refractivity contribution is 5.51. The van der Waals surface area contributed by atoms with Crippen LogP contribution in [-0.4, -0.2) is 43.9 Å². The van der Waals surface area contributed by atoms with E-state index in [-0.39, 0.29) is 29.3 Å². The molecule has 1 aromatic carbocycles. The lowest BCUT2D eigenvalue weighted by atomic mass is 9.85. The molecule has 2 atom stereocenters. The summed E-state index contributed by atoms with van der Waals surface area (Å²) in [5.41, 5.74) is 1.70. The SMILES string of the molecule is COc1cc2c(c(F)c1OC)CCN1CC(OC(C)(C)C)CCC21. The number of nitrogens with zero attached hydrogens (tertiary/aromatic N) is 1. The van der Waals surface area contributed by atoms with E-state index in [1.54, 1.807) is 7.11 Å². The topological polar surface area (TPSA) is 30.9 Å². The van der Waals surface area contributed by atoms with Gasteiger partial charge in [0, 0.05) is 19.1 Å². The van der Waals surface area contributed by atoms with Crippen LogP contribution in [0.25, 0.3) is 0 Å². The van der Waals surface area contributed by atoms with Crippen LogP contribution in [0.3, 0.4) is 0 Å². The highest BCUT2D eigenvalue weighted by Crippen LogP contribution is 2.44. The van der Waals surface area contributed by atoms with Crippen molar-refractivity contribution in [2.45, 2.75) is 57.8 Å². The molecule has 2 aliphatic heterocycles. The first-order valence-electron chi connectivity index (χ1n) is 8.69. The van der Waals surface area contributed by atoms with Gasteiger partial charge in [-0.05, 0) is 57.2 Å². The van der Waals surface area contributed by atoms with Gasteiger partial charge in [-0.2, -0.15) is 0 Å². The van der Waals surface area contributed by atoms with Crippen LogP contribution in [0.15, 0.2) is 6.07 Å². The van der Waals surface area contributed by atoms with Crippen molar-refractivity contribution in [1.29, 1.82) is 0 Å². The van der Waals surface area contributed by atoms with Gasteiger partial charge in [0.25, 0.3) is 0 Å². The van der Waals surface area contributed by atoms with E-state index in [9.17, 15) is 4.39 Å². The summed E-state index contributed by atoms with van der Waals surface area (Å²) < 4.78 is 31.5. The molecule has 2 heterocycles. The van der Waals surface area contributed by atoms with Crippen LogP contribution in [0.5, 0.6) is 11.5 Å². The molecule has 3 rings (SSSR count). The second-order valence-electron chi connectivity index (χ2n) is 7.68. The first-order valence-corrected chi connectivity index (χ1v) is 8.69. The molecule has 2 unspecified atom stereocenters. The molecule has 0 radical (unpaired) electrons. The summed E-state index contributed by atoms with van der Waals surface area (Å²) in [6.45, 7) is 8.04. The van der Waals surface area contributed by atoms with Crippen molar-refractivity contribution in [3.05, 3.63) is 23.0 Å². The van der Waals surface area contributed by atoms with E-state index < -0.39 is 0 Å². The lowest BCUT2D eigenvalue weighted by Gasteiger charge is -2.45. The number of methoxy groups -OCH3 is 2. The fourth-order valence-electron chi connectivity index (χ4n) is 4.02. The fraction of sp³-hybridized carbons (Fsp3) is 0.684. The molecule has 1 fully saturated rings. The number of piperidine rings is 1. The van der Waals surface area contributed by atoms with Crippen LogP contribution in [0.4, 0.5) is 4.39 Å². The van der Waals surface area contributed by atoms with E-state index in [0.717, 1.165) is 37.1 Å². The van der Waals surface area contributed by atoms with Gasteiger partial charge in [0.1, 0.15) is 0 Å². The van der Waals surface area contributed by atoms with Gasteiger partial charge in [-0.1, -0.05) is 0 Å². The number of ether oxygens (including phenoxy) is 3. The molecular weight excluding hydrogens is 309 g/mol. The van der Waals surface area contributed by atoms with E-state index >= 15 is 0 Å². The third kappa shape index (κ3) is 3.24. The van der Waals surface area contributed by atoms with Gasteiger partial charge in [-0.15, -0.1) is 0 Å². The van der Waals surface area contributed by atoms with Crippen molar-refractivity contribution in [2.75, 3.05) is 27.3 Å². The average Bonchev–Trinajstić information content (AvgIpc) is 2.52. The number of halogens is 1. The Morgan fingerprint density at radius 1 is 1.17 bits per heavy atom. The maximum atomic E-state index is 14.8. The van der Waals surface area contributed by atoms with Crippen molar-refractivity contribution in [3.8, 4) is 11.5 Å². The minimum absolute atomic E-state index is 0.131. The second-order valence-corrected chi connectivity index (χ2v) is 7.68. The number of fused-ring (bicyclic) bond motifs is 3. The van der Waals surface area contributed by atoms with Crippen molar-refractivity contribution < 1.29 is 18.6 Å². The Morgan fingerprint density at radius 3 is 2.54 bits per heavy atom. The molecule has 1 saturated heterocycles. The number of hydrogen-bond acceptors (Lipinski definition) is 4. The molecular formula is C19H28FNO3.